The van der Waals surface area contributed by atoms with E-state index in [0.717, 1.165) is 17.7 Å². The molecule has 0 aromatic heterocycles. The smallest absolute Gasteiger partial charge is 0.346 e. The van der Waals surface area contributed by atoms with E-state index in [1.807, 2.05) is 0 Å². The molecule has 2 aliphatic rings. The summed E-state index contributed by atoms with van der Waals surface area (Å²) in [6, 6.07) is 16.7. The van der Waals surface area contributed by atoms with Crippen LogP contribution in [0.1, 0.15) is 22.8 Å². The molecule has 1 saturated heterocycles. The third-order valence-electron chi connectivity index (χ3n) is 6.21. The number of nitro benzene ring substituents is 2. The second-order valence-electron chi connectivity index (χ2n) is 8.31. The number of carbonyl (C=O) groups excluding carboxylic acids is 1. The summed E-state index contributed by atoms with van der Waals surface area (Å²) < 4.78 is 28.3. The van der Waals surface area contributed by atoms with Crippen molar-refractivity contribution in [3.63, 3.8) is 0 Å². The molecule has 0 saturated carbocycles. The van der Waals surface area contributed by atoms with Crippen LogP contribution in [0.25, 0.3) is 0 Å². The van der Waals surface area contributed by atoms with Gasteiger partial charge in [0.1, 0.15) is 6.10 Å². The lowest BCUT2D eigenvalue weighted by Gasteiger charge is -2.30. The Labute approximate surface area is 209 Å². The molecular weight excluding hydrogens is 488 g/mol. The zero-order valence-corrected chi connectivity index (χ0v) is 19.4. The fraction of sp³-hybridized carbons (Fsp3) is 0.240. The highest BCUT2D eigenvalue weighted by molar-refractivity contribution is 5.83. The number of esters is 1. The van der Waals surface area contributed by atoms with Gasteiger partial charge in [0.05, 0.1) is 28.6 Å². The van der Waals surface area contributed by atoms with Gasteiger partial charge in [-0.05, 0) is 29.3 Å². The van der Waals surface area contributed by atoms with Crippen molar-refractivity contribution in [3.8, 4) is 11.5 Å². The van der Waals surface area contributed by atoms with E-state index in [2.05, 4.69) is 0 Å². The highest BCUT2D eigenvalue weighted by atomic mass is 16.8. The van der Waals surface area contributed by atoms with E-state index in [1.54, 1.807) is 48.5 Å². The van der Waals surface area contributed by atoms with Crippen molar-refractivity contribution in [3.05, 3.63) is 104 Å². The van der Waals surface area contributed by atoms with Crippen molar-refractivity contribution < 1.29 is 38.3 Å². The van der Waals surface area contributed by atoms with Gasteiger partial charge in [-0.15, -0.1) is 0 Å². The molecule has 3 atom stereocenters. The first-order chi connectivity index (χ1) is 17.8. The Morgan fingerprint density at radius 3 is 2.46 bits per heavy atom. The van der Waals surface area contributed by atoms with Gasteiger partial charge in [0.15, 0.2) is 17.8 Å². The van der Waals surface area contributed by atoms with E-state index in [1.165, 1.54) is 13.2 Å². The molecule has 2 aliphatic heterocycles. The summed E-state index contributed by atoms with van der Waals surface area (Å²) in [5.41, 5.74) is -1.99. The van der Waals surface area contributed by atoms with Gasteiger partial charge in [-0.25, -0.2) is 4.79 Å². The van der Waals surface area contributed by atoms with Crippen LogP contribution in [0.5, 0.6) is 11.5 Å². The summed E-state index contributed by atoms with van der Waals surface area (Å²) in [6.07, 6.45) is -2.25. The quantitative estimate of drug-likeness (QED) is 0.261. The summed E-state index contributed by atoms with van der Waals surface area (Å²) in [4.78, 5) is 35.1. The number of hydrogen-bond donors (Lipinski definition) is 0. The predicted octanol–water partition coefficient (Wildman–Crippen LogP) is 3.96. The van der Waals surface area contributed by atoms with Crippen molar-refractivity contribution in [2.75, 3.05) is 13.9 Å². The summed E-state index contributed by atoms with van der Waals surface area (Å²) >= 11 is 0. The maximum Gasteiger partial charge on any atom is 0.346 e. The van der Waals surface area contributed by atoms with Gasteiger partial charge in [-0.2, -0.15) is 0 Å². The lowest BCUT2D eigenvalue weighted by Crippen LogP contribution is -2.42. The first kappa shape index (κ1) is 24.2. The average molecular weight is 508 g/mol. The molecule has 5 rings (SSSR count). The number of hydrogen-bond acceptors (Lipinski definition) is 10. The van der Waals surface area contributed by atoms with Gasteiger partial charge < -0.3 is 23.7 Å². The summed E-state index contributed by atoms with van der Waals surface area (Å²) in [6.45, 7) is 0.0978. The minimum absolute atomic E-state index is 0.0713. The normalized spacial score (nSPS) is 22.0. The van der Waals surface area contributed by atoms with Gasteiger partial charge in [0, 0.05) is 12.5 Å². The molecule has 12 nitrogen and oxygen atoms in total. The summed E-state index contributed by atoms with van der Waals surface area (Å²) in [7, 11) is 1.17. The largest absolute Gasteiger partial charge is 0.467 e. The second-order valence-corrected chi connectivity index (χ2v) is 8.31. The minimum Gasteiger partial charge on any atom is -0.467 e. The van der Waals surface area contributed by atoms with E-state index in [-0.39, 0.29) is 18.8 Å². The first-order valence-electron chi connectivity index (χ1n) is 11.1. The molecule has 190 valence electrons. The number of nitro groups is 2. The molecule has 0 aliphatic carbocycles. The average Bonchev–Trinajstić information content (AvgIpc) is 3.53. The van der Waals surface area contributed by atoms with Crippen LogP contribution in [0.15, 0.2) is 66.7 Å². The molecule has 0 bridgehead atoms. The van der Waals surface area contributed by atoms with Crippen LogP contribution in [0.3, 0.4) is 0 Å². The monoisotopic (exact) mass is 508 g/mol. The highest BCUT2D eigenvalue weighted by Crippen LogP contribution is 2.52. The van der Waals surface area contributed by atoms with Crippen LogP contribution in [0.2, 0.25) is 0 Å². The maximum absolute atomic E-state index is 13.4. The number of methoxy groups -OCH3 is 1. The van der Waals surface area contributed by atoms with Crippen LogP contribution >= 0.6 is 0 Å². The van der Waals surface area contributed by atoms with Crippen LogP contribution < -0.4 is 9.47 Å². The third-order valence-corrected chi connectivity index (χ3v) is 6.21. The lowest BCUT2D eigenvalue weighted by atomic mass is 9.83. The molecule has 2 heterocycles. The van der Waals surface area contributed by atoms with Crippen LogP contribution in [-0.4, -0.2) is 36.0 Å². The van der Waals surface area contributed by atoms with Gasteiger partial charge in [0.2, 0.25) is 12.4 Å². The Bertz CT molecular complexity index is 1380. The fourth-order valence-corrected chi connectivity index (χ4v) is 4.54. The number of fused-ring (bicyclic) bond motifs is 1. The Morgan fingerprint density at radius 2 is 1.76 bits per heavy atom. The van der Waals surface area contributed by atoms with Gasteiger partial charge in [0.25, 0.3) is 11.4 Å². The van der Waals surface area contributed by atoms with E-state index < -0.39 is 45.2 Å². The Hall–Kier alpha value is -4.55. The fourth-order valence-electron chi connectivity index (χ4n) is 4.54. The molecule has 3 aromatic rings. The van der Waals surface area contributed by atoms with E-state index in [4.69, 9.17) is 23.7 Å². The minimum atomic E-state index is -1.93. The molecule has 12 heteroatoms. The Balaban J connectivity index is 1.62. The van der Waals surface area contributed by atoms with Crippen molar-refractivity contribution in [2.45, 2.75) is 24.4 Å². The van der Waals surface area contributed by atoms with Crippen LogP contribution in [0.4, 0.5) is 11.4 Å². The van der Waals surface area contributed by atoms with Gasteiger partial charge in [-0.1, -0.05) is 36.4 Å². The number of rotatable bonds is 7. The number of non-ortho nitro benzene ring substituents is 1. The van der Waals surface area contributed by atoms with E-state index >= 15 is 0 Å². The summed E-state index contributed by atoms with van der Waals surface area (Å²) in [5.74, 6) is 0.287. The van der Waals surface area contributed by atoms with Crippen molar-refractivity contribution in [2.24, 2.45) is 0 Å². The van der Waals surface area contributed by atoms with Crippen molar-refractivity contribution in [1.82, 2.24) is 0 Å². The van der Waals surface area contributed by atoms with Crippen LogP contribution in [-0.2, 0) is 31.0 Å². The number of benzene rings is 3. The maximum atomic E-state index is 13.4. The van der Waals surface area contributed by atoms with Gasteiger partial charge >= 0.3 is 5.97 Å². The van der Waals surface area contributed by atoms with E-state index in [9.17, 15) is 25.0 Å². The molecular formula is C25H20N2O10. The first-order valence-corrected chi connectivity index (χ1v) is 11.1. The topological polar surface area (TPSA) is 150 Å². The predicted molar refractivity (Wildman–Crippen MR) is 125 cm³/mol. The zero-order chi connectivity index (χ0) is 26.2. The van der Waals surface area contributed by atoms with Crippen LogP contribution in [0, 0.1) is 20.2 Å². The number of carbonyl (C=O) groups is 1. The standard InChI is InChI=1S/C25H20N2O10/c1-33-24(28)25(16-5-3-2-4-6-16)23(18-9-8-17(26(29)30)13-19(18)27(31)32)36-22(37-25)12-15-7-10-20-21(11-15)35-14-34-20/h2-11,13,22-23H,12,14H2,1H3/t22-,23-,25+/m0/s1. The van der Waals surface area contributed by atoms with Crippen molar-refractivity contribution in [1.29, 1.82) is 0 Å². The molecule has 0 radical (unpaired) electrons. The highest BCUT2D eigenvalue weighted by Gasteiger charge is 2.60. The Morgan fingerprint density at radius 1 is 1.00 bits per heavy atom. The molecule has 0 spiro atoms. The van der Waals surface area contributed by atoms with Gasteiger partial charge in [-0.3, -0.25) is 20.2 Å². The van der Waals surface area contributed by atoms with E-state index in [0.29, 0.717) is 17.1 Å². The second kappa shape index (κ2) is 9.48. The summed E-state index contributed by atoms with van der Waals surface area (Å²) in [5, 5.41) is 23.2. The lowest BCUT2D eigenvalue weighted by molar-refractivity contribution is -0.395. The number of ether oxygens (including phenoxy) is 5. The third kappa shape index (κ3) is 4.21. The Kier molecular flexibility index (Phi) is 6.19. The van der Waals surface area contributed by atoms with Crippen molar-refractivity contribution >= 4 is 17.3 Å². The number of nitrogens with zero attached hydrogens (tertiary/aromatic N) is 2. The molecule has 1 fully saturated rings. The molecule has 0 N–H and O–H groups in total. The SMILES string of the molecule is COC(=O)[C@]1(c2ccccc2)O[C@@H](Cc2ccc3c(c2)OCO3)O[C@H]1c1ccc([N+](=O)[O-])cc1[N+](=O)[O-]. The molecule has 0 unspecified atom stereocenters. The molecule has 0 amide bonds. The molecule has 37 heavy (non-hydrogen) atoms. The molecule has 3 aromatic carbocycles. The zero-order valence-electron chi connectivity index (χ0n) is 19.4.